The van der Waals surface area contributed by atoms with Crippen molar-refractivity contribution in [1.82, 2.24) is 24.7 Å². The minimum atomic E-state index is -4.21. The summed E-state index contributed by atoms with van der Waals surface area (Å²) < 4.78 is 45.2. The molecule has 2 aromatic heterocycles. The second-order valence-electron chi connectivity index (χ2n) is 5.20. The van der Waals surface area contributed by atoms with E-state index in [-0.39, 0.29) is 25.9 Å². The molecule has 0 radical (unpaired) electrons. The number of aromatic nitrogens is 5. The number of alkyl halides is 3. The predicted molar refractivity (Wildman–Crippen MR) is 73.8 cm³/mol. The van der Waals surface area contributed by atoms with Crippen LogP contribution in [0.1, 0.15) is 18.1 Å². The molecule has 0 bridgehead atoms. The minimum Gasteiger partial charge on any atom is -0.481 e. The van der Waals surface area contributed by atoms with Gasteiger partial charge in [-0.05, 0) is 6.42 Å². The zero-order valence-electron chi connectivity index (χ0n) is 12.3. The monoisotopic (exact) mass is 328 g/mol. The molecule has 0 saturated carbocycles. The molecule has 0 aliphatic carbocycles. The van der Waals surface area contributed by atoms with Crippen LogP contribution >= 0.6 is 0 Å². The van der Waals surface area contributed by atoms with E-state index >= 15 is 0 Å². The first-order valence-corrected chi connectivity index (χ1v) is 7.06. The van der Waals surface area contributed by atoms with E-state index in [1.165, 1.54) is 17.9 Å². The number of nitrogens with one attached hydrogen (secondary N) is 1. The van der Waals surface area contributed by atoms with Gasteiger partial charge < -0.3 is 14.6 Å². The lowest BCUT2D eigenvalue weighted by Gasteiger charge is -2.26. The number of hydrogen-bond donors (Lipinski definition) is 1. The molecule has 0 aromatic carbocycles. The summed E-state index contributed by atoms with van der Waals surface area (Å²) in [6, 6.07) is 1.60. The third kappa shape index (κ3) is 3.35. The molecular weight excluding hydrogens is 313 g/mol. The summed E-state index contributed by atoms with van der Waals surface area (Å²) in [5.41, 5.74) is 0. The van der Waals surface area contributed by atoms with Gasteiger partial charge in [0.25, 0.3) is 0 Å². The molecular formula is C13H15F3N6O. The van der Waals surface area contributed by atoms with Gasteiger partial charge in [-0.25, -0.2) is 4.98 Å². The zero-order valence-corrected chi connectivity index (χ0v) is 12.3. The molecule has 7 nitrogen and oxygen atoms in total. The van der Waals surface area contributed by atoms with Gasteiger partial charge >= 0.3 is 6.18 Å². The fourth-order valence-electron chi connectivity index (χ4n) is 2.48. The molecule has 1 N–H and O–H groups in total. The number of halogens is 3. The minimum absolute atomic E-state index is 0.0497. The van der Waals surface area contributed by atoms with Crippen molar-refractivity contribution in [3.63, 3.8) is 0 Å². The Morgan fingerprint density at radius 3 is 2.96 bits per heavy atom. The van der Waals surface area contributed by atoms with Crippen LogP contribution in [0.2, 0.25) is 0 Å². The summed E-state index contributed by atoms with van der Waals surface area (Å²) >= 11 is 0. The van der Waals surface area contributed by atoms with E-state index in [0.717, 1.165) is 0 Å². The molecule has 3 rings (SSSR count). The van der Waals surface area contributed by atoms with Crippen LogP contribution in [0.25, 0.3) is 0 Å². The highest BCUT2D eigenvalue weighted by atomic mass is 19.4. The molecule has 23 heavy (non-hydrogen) atoms. The molecule has 1 atom stereocenters. The van der Waals surface area contributed by atoms with Crippen LogP contribution in [0.4, 0.5) is 19.1 Å². The van der Waals surface area contributed by atoms with Gasteiger partial charge in [0.1, 0.15) is 5.82 Å². The van der Waals surface area contributed by atoms with E-state index in [9.17, 15) is 13.2 Å². The van der Waals surface area contributed by atoms with E-state index in [2.05, 4.69) is 25.5 Å². The first-order valence-electron chi connectivity index (χ1n) is 7.06. The van der Waals surface area contributed by atoms with Crippen LogP contribution in [-0.2, 0) is 19.5 Å². The van der Waals surface area contributed by atoms with Crippen LogP contribution in [0.3, 0.4) is 0 Å². The Kier molecular flexibility index (Phi) is 4.05. The number of anilines is 1. The number of fused-ring (bicyclic) bond motifs is 1. The van der Waals surface area contributed by atoms with Crippen molar-refractivity contribution >= 4 is 5.95 Å². The van der Waals surface area contributed by atoms with Gasteiger partial charge in [0, 0.05) is 25.2 Å². The molecule has 0 amide bonds. The van der Waals surface area contributed by atoms with Crippen molar-refractivity contribution in [3.8, 4) is 5.88 Å². The van der Waals surface area contributed by atoms with E-state index in [1.54, 1.807) is 6.07 Å². The van der Waals surface area contributed by atoms with Crippen LogP contribution in [-0.4, -0.2) is 38.0 Å². The maximum Gasteiger partial charge on any atom is 0.393 e. The molecule has 1 aliphatic heterocycles. The first kappa shape index (κ1) is 15.5. The van der Waals surface area contributed by atoms with Gasteiger partial charge in [0.05, 0.1) is 19.6 Å². The van der Waals surface area contributed by atoms with Crippen molar-refractivity contribution in [3.05, 3.63) is 23.9 Å². The number of aryl methyl sites for hydroxylation is 1. The van der Waals surface area contributed by atoms with Crippen LogP contribution in [0.5, 0.6) is 5.88 Å². The SMILES string of the molecule is COc1ccnc(NCc2nnc3n2C[C@H](C(F)(F)F)CC3)n1. The molecule has 0 spiro atoms. The molecule has 124 valence electrons. The number of rotatable bonds is 4. The van der Waals surface area contributed by atoms with Crippen LogP contribution < -0.4 is 10.1 Å². The van der Waals surface area contributed by atoms with Crippen LogP contribution in [0.15, 0.2) is 12.3 Å². The van der Waals surface area contributed by atoms with Crippen molar-refractivity contribution in [1.29, 1.82) is 0 Å². The van der Waals surface area contributed by atoms with Gasteiger partial charge in [-0.1, -0.05) is 0 Å². The Hall–Kier alpha value is -2.39. The highest BCUT2D eigenvalue weighted by Gasteiger charge is 2.42. The van der Waals surface area contributed by atoms with Gasteiger partial charge in [-0.3, -0.25) is 0 Å². The Balaban J connectivity index is 1.72. The highest BCUT2D eigenvalue weighted by molar-refractivity contribution is 5.27. The average Bonchev–Trinajstić information content (AvgIpc) is 2.94. The number of ether oxygens (including phenoxy) is 1. The number of hydrogen-bond acceptors (Lipinski definition) is 6. The van der Waals surface area contributed by atoms with E-state index in [1.807, 2.05) is 0 Å². The summed E-state index contributed by atoms with van der Waals surface area (Å²) in [4.78, 5) is 8.09. The molecule has 2 aromatic rings. The second kappa shape index (κ2) is 6.01. The summed E-state index contributed by atoms with van der Waals surface area (Å²) in [7, 11) is 1.48. The summed E-state index contributed by atoms with van der Waals surface area (Å²) in [5, 5.41) is 10.8. The maximum atomic E-state index is 12.9. The van der Waals surface area contributed by atoms with Crippen molar-refractivity contribution in [2.75, 3.05) is 12.4 Å². The third-order valence-electron chi connectivity index (χ3n) is 3.73. The topological polar surface area (TPSA) is 77.8 Å². The molecule has 3 heterocycles. The molecule has 0 saturated heterocycles. The lowest BCUT2D eigenvalue weighted by Crippen LogP contribution is -2.33. The van der Waals surface area contributed by atoms with Crippen molar-refractivity contribution in [2.24, 2.45) is 5.92 Å². The standard InChI is InChI=1S/C13H15F3N6O/c1-23-11-4-5-17-12(19-11)18-6-10-21-20-9-3-2-8(7-22(9)10)13(14,15)16/h4-5,8H,2-3,6-7H2,1H3,(H,17,18,19)/t8-/m1/s1. The molecule has 1 aliphatic rings. The van der Waals surface area contributed by atoms with Crippen molar-refractivity contribution in [2.45, 2.75) is 32.1 Å². The Morgan fingerprint density at radius 1 is 1.39 bits per heavy atom. The summed E-state index contributed by atoms with van der Waals surface area (Å²) in [6.07, 6.45) is -2.36. The summed E-state index contributed by atoms with van der Waals surface area (Å²) in [6.45, 7) is 0.0343. The van der Waals surface area contributed by atoms with Gasteiger partial charge in [-0.2, -0.15) is 18.2 Å². The normalized spacial score (nSPS) is 17.7. The fraction of sp³-hybridized carbons (Fsp3) is 0.538. The molecule has 0 fully saturated rings. The van der Waals surface area contributed by atoms with Gasteiger partial charge in [0.15, 0.2) is 5.82 Å². The van der Waals surface area contributed by atoms with E-state index in [0.29, 0.717) is 23.5 Å². The zero-order chi connectivity index (χ0) is 16.4. The lowest BCUT2D eigenvalue weighted by atomic mass is 9.99. The molecule has 0 unspecified atom stereocenters. The Labute approximate surface area is 129 Å². The van der Waals surface area contributed by atoms with E-state index < -0.39 is 12.1 Å². The second-order valence-corrected chi connectivity index (χ2v) is 5.20. The average molecular weight is 328 g/mol. The van der Waals surface area contributed by atoms with Gasteiger partial charge in [0.2, 0.25) is 11.8 Å². The quantitative estimate of drug-likeness (QED) is 0.922. The lowest BCUT2D eigenvalue weighted by molar-refractivity contribution is -0.182. The number of nitrogens with zero attached hydrogens (tertiary/aromatic N) is 5. The largest absolute Gasteiger partial charge is 0.481 e. The summed E-state index contributed by atoms with van der Waals surface area (Å²) in [5.74, 6) is 0.347. The Bertz CT molecular complexity index is 687. The smallest absolute Gasteiger partial charge is 0.393 e. The Morgan fingerprint density at radius 2 is 2.22 bits per heavy atom. The third-order valence-corrected chi connectivity index (χ3v) is 3.73. The van der Waals surface area contributed by atoms with Crippen molar-refractivity contribution < 1.29 is 17.9 Å². The fourth-order valence-corrected chi connectivity index (χ4v) is 2.48. The van der Waals surface area contributed by atoms with Gasteiger partial charge in [-0.15, -0.1) is 10.2 Å². The van der Waals surface area contributed by atoms with E-state index in [4.69, 9.17) is 4.74 Å². The van der Waals surface area contributed by atoms with Crippen LogP contribution in [0, 0.1) is 5.92 Å². The first-order chi connectivity index (χ1) is 11.0. The molecule has 10 heteroatoms. The maximum absolute atomic E-state index is 12.9. The highest BCUT2D eigenvalue weighted by Crippen LogP contribution is 2.34. The number of methoxy groups -OCH3 is 1. The predicted octanol–water partition coefficient (Wildman–Crippen LogP) is 1.81.